The Hall–Kier alpha value is -3.21. The summed E-state index contributed by atoms with van der Waals surface area (Å²) in [5.41, 5.74) is 2.56. The minimum absolute atomic E-state index is 0.0892. The van der Waals surface area contributed by atoms with Crippen LogP contribution in [0.15, 0.2) is 67.0 Å². The minimum Gasteiger partial charge on any atom is -0.424 e. The lowest BCUT2D eigenvalue weighted by atomic mass is 9.94. The Morgan fingerprint density at radius 2 is 1.55 bits per heavy atom. The first-order valence-electron chi connectivity index (χ1n) is 10.1. The molecule has 1 fully saturated rings. The van der Waals surface area contributed by atoms with Gasteiger partial charge in [-0.3, -0.25) is 4.79 Å². The highest BCUT2D eigenvalue weighted by atomic mass is 16.5. The second-order valence-corrected chi connectivity index (χ2v) is 7.45. The second kappa shape index (κ2) is 8.86. The molecule has 1 aliphatic rings. The van der Waals surface area contributed by atoms with Gasteiger partial charge in [-0.15, -0.1) is 0 Å². The molecule has 0 aliphatic heterocycles. The third-order valence-corrected chi connectivity index (χ3v) is 5.49. The number of rotatable bonds is 5. The molecule has 1 amide bonds. The van der Waals surface area contributed by atoms with E-state index in [1.807, 2.05) is 66.5 Å². The predicted octanol–water partition coefficient (Wildman–Crippen LogP) is 5.34. The van der Waals surface area contributed by atoms with Crippen LogP contribution < -0.4 is 4.74 Å². The summed E-state index contributed by atoms with van der Waals surface area (Å²) < 4.78 is 5.63. The Balaban J connectivity index is 1.42. The zero-order chi connectivity index (χ0) is 20.1. The van der Waals surface area contributed by atoms with Gasteiger partial charge in [0.1, 0.15) is 5.75 Å². The van der Waals surface area contributed by atoms with Gasteiger partial charge in [0.15, 0.2) is 0 Å². The lowest BCUT2D eigenvalue weighted by Crippen LogP contribution is -2.38. The molecular formula is C24H25N3O2. The predicted molar refractivity (Wildman–Crippen MR) is 113 cm³/mol. The van der Waals surface area contributed by atoms with Crippen LogP contribution in [0.1, 0.15) is 42.5 Å². The van der Waals surface area contributed by atoms with Crippen molar-refractivity contribution in [2.75, 3.05) is 7.05 Å². The zero-order valence-electron chi connectivity index (χ0n) is 16.6. The van der Waals surface area contributed by atoms with E-state index in [-0.39, 0.29) is 5.91 Å². The van der Waals surface area contributed by atoms with E-state index in [1.54, 1.807) is 12.4 Å². The number of hydrogen-bond donors (Lipinski definition) is 0. The van der Waals surface area contributed by atoms with Crippen LogP contribution in [-0.4, -0.2) is 33.9 Å². The molecule has 3 aromatic rings. The Bertz CT molecular complexity index is 934. The number of carbonyl (C=O) groups excluding carboxylic acids is 1. The van der Waals surface area contributed by atoms with E-state index in [0.29, 0.717) is 23.4 Å². The van der Waals surface area contributed by atoms with Crippen LogP contribution in [0.2, 0.25) is 0 Å². The Morgan fingerprint density at radius 3 is 2.21 bits per heavy atom. The molecular weight excluding hydrogens is 362 g/mol. The monoisotopic (exact) mass is 387 g/mol. The van der Waals surface area contributed by atoms with Crippen molar-refractivity contribution in [3.63, 3.8) is 0 Å². The summed E-state index contributed by atoms with van der Waals surface area (Å²) in [6.45, 7) is 0. The molecule has 4 rings (SSSR count). The van der Waals surface area contributed by atoms with Crippen molar-refractivity contribution in [3.05, 3.63) is 72.6 Å². The van der Waals surface area contributed by atoms with Gasteiger partial charge in [0.25, 0.3) is 5.91 Å². The van der Waals surface area contributed by atoms with E-state index >= 15 is 0 Å². The van der Waals surface area contributed by atoms with Crippen molar-refractivity contribution >= 4 is 5.91 Å². The number of para-hydroxylation sites is 1. The highest BCUT2D eigenvalue weighted by Gasteiger charge is 2.22. The van der Waals surface area contributed by atoms with Crippen LogP contribution in [0.3, 0.4) is 0 Å². The lowest BCUT2D eigenvalue weighted by Gasteiger charge is -2.31. The number of hydrogen-bond acceptors (Lipinski definition) is 4. The second-order valence-electron chi connectivity index (χ2n) is 7.45. The summed E-state index contributed by atoms with van der Waals surface area (Å²) in [6, 6.07) is 17.8. The molecule has 0 atom stereocenters. The van der Waals surface area contributed by atoms with Gasteiger partial charge >= 0.3 is 6.01 Å². The third-order valence-electron chi connectivity index (χ3n) is 5.49. The number of nitrogens with zero attached hydrogens (tertiary/aromatic N) is 3. The van der Waals surface area contributed by atoms with Crippen LogP contribution in [0.4, 0.5) is 0 Å². The Kier molecular flexibility index (Phi) is 5.84. The average molecular weight is 387 g/mol. The SMILES string of the molecule is CN(C(=O)c1ccc(-c2cnc(Oc3ccccc3)nc2)cc1)C1CCCCC1. The van der Waals surface area contributed by atoms with E-state index in [0.717, 1.165) is 24.0 Å². The van der Waals surface area contributed by atoms with Crippen LogP contribution in [0.5, 0.6) is 11.8 Å². The Morgan fingerprint density at radius 1 is 0.897 bits per heavy atom. The van der Waals surface area contributed by atoms with Crippen molar-refractivity contribution in [1.29, 1.82) is 0 Å². The fourth-order valence-electron chi connectivity index (χ4n) is 3.75. The van der Waals surface area contributed by atoms with E-state index in [4.69, 9.17) is 4.74 Å². The normalized spacial score (nSPS) is 14.4. The van der Waals surface area contributed by atoms with Gasteiger partial charge in [-0.05, 0) is 42.7 Å². The maximum Gasteiger partial charge on any atom is 0.321 e. The summed E-state index contributed by atoms with van der Waals surface area (Å²) >= 11 is 0. The van der Waals surface area contributed by atoms with E-state index in [9.17, 15) is 4.79 Å². The number of carbonyl (C=O) groups is 1. The van der Waals surface area contributed by atoms with Crippen molar-refractivity contribution in [2.24, 2.45) is 0 Å². The molecule has 2 aromatic carbocycles. The quantitative estimate of drug-likeness (QED) is 0.593. The molecule has 0 spiro atoms. The Labute approximate surface area is 171 Å². The van der Waals surface area contributed by atoms with Crippen LogP contribution in [-0.2, 0) is 0 Å². The van der Waals surface area contributed by atoms with Gasteiger partial charge in [0, 0.05) is 36.6 Å². The topological polar surface area (TPSA) is 55.3 Å². The van der Waals surface area contributed by atoms with Gasteiger partial charge in [-0.25, -0.2) is 9.97 Å². The van der Waals surface area contributed by atoms with Gasteiger partial charge in [-0.1, -0.05) is 49.6 Å². The molecule has 0 bridgehead atoms. The highest BCUT2D eigenvalue weighted by molar-refractivity contribution is 5.94. The first-order chi connectivity index (χ1) is 14.2. The first kappa shape index (κ1) is 19.1. The molecule has 0 N–H and O–H groups in total. The fourth-order valence-corrected chi connectivity index (χ4v) is 3.75. The summed E-state index contributed by atoms with van der Waals surface area (Å²) in [4.78, 5) is 23.3. The zero-order valence-corrected chi connectivity index (χ0v) is 16.6. The minimum atomic E-state index is 0.0892. The van der Waals surface area contributed by atoms with E-state index in [1.165, 1.54) is 19.3 Å². The molecule has 0 saturated heterocycles. The largest absolute Gasteiger partial charge is 0.424 e. The molecule has 1 saturated carbocycles. The molecule has 5 nitrogen and oxygen atoms in total. The van der Waals surface area contributed by atoms with E-state index < -0.39 is 0 Å². The molecule has 1 aromatic heterocycles. The number of benzene rings is 2. The number of ether oxygens (including phenoxy) is 1. The summed E-state index contributed by atoms with van der Waals surface area (Å²) in [5, 5.41) is 0. The summed E-state index contributed by atoms with van der Waals surface area (Å²) in [5.74, 6) is 0.788. The van der Waals surface area contributed by atoms with Crippen molar-refractivity contribution < 1.29 is 9.53 Å². The standard InChI is InChI=1S/C24H25N3O2/c1-27(21-8-4-2-5-9-21)23(28)19-14-12-18(13-15-19)20-16-25-24(26-17-20)29-22-10-6-3-7-11-22/h3,6-7,10-17,21H,2,4-5,8-9H2,1H3. The van der Waals surface area contributed by atoms with Gasteiger partial charge in [-0.2, -0.15) is 0 Å². The molecule has 1 heterocycles. The van der Waals surface area contributed by atoms with Crippen molar-refractivity contribution in [3.8, 4) is 22.9 Å². The lowest BCUT2D eigenvalue weighted by molar-refractivity contribution is 0.0696. The van der Waals surface area contributed by atoms with Crippen LogP contribution in [0.25, 0.3) is 11.1 Å². The van der Waals surface area contributed by atoms with E-state index in [2.05, 4.69) is 9.97 Å². The van der Waals surface area contributed by atoms with Gasteiger partial charge < -0.3 is 9.64 Å². The molecule has 1 aliphatic carbocycles. The fraction of sp³-hybridized carbons (Fsp3) is 0.292. The maximum absolute atomic E-state index is 12.8. The first-order valence-corrected chi connectivity index (χ1v) is 10.1. The van der Waals surface area contributed by atoms with Gasteiger partial charge in [0.05, 0.1) is 0 Å². The molecule has 5 heteroatoms. The number of amides is 1. The highest BCUT2D eigenvalue weighted by Crippen LogP contribution is 2.25. The third kappa shape index (κ3) is 4.62. The molecule has 29 heavy (non-hydrogen) atoms. The molecule has 0 unspecified atom stereocenters. The average Bonchev–Trinajstić information content (AvgIpc) is 2.80. The van der Waals surface area contributed by atoms with Crippen LogP contribution in [0, 0.1) is 0 Å². The summed E-state index contributed by atoms with van der Waals surface area (Å²) in [7, 11) is 1.92. The molecule has 0 radical (unpaired) electrons. The molecule has 148 valence electrons. The van der Waals surface area contributed by atoms with Crippen molar-refractivity contribution in [1.82, 2.24) is 14.9 Å². The van der Waals surface area contributed by atoms with Crippen LogP contribution >= 0.6 is 0 Å². The van der Waals surface area contributed by atoms with Crippen molar-refractivity contribution in [2.45, 2.75) is 38.1 Å². The number of aromatic nitrogens is 2. The van der Waals surface area contributed by atoms with Gasteiger partial charge in [0.2, 0.25) is 0 Å². The smallest absolute Gasteiger partial charge is 0.321 e. The summed E-state index contributed by atoms with van der Waals surface area (Å²) in [6.07, 6.45) is 9.39. The maximum atomic E-state index is 12.8.